The quantitative estimate of drug-likeness (QED) is 0.339. The van der Waals surface area contributed by atoms with Crippen LogP contribution in [0.1, 0.15) is 16.1 Å². The first kappa shape index (κ1) is 19.1. The molecule has 0 N–H and O–H groups in total. The summed E-state index contributed by atoms with van der Waals surface area (Å²) in [5.74, 6) is -8.45. The summed E-state index contributed by atoms with van der Waals surface area (Å²) in [5.41, 5.74) is -4.17. The van der Waals surface area contributed by atoms with Crippen molar-refractivity contribution in [1.82, 2.24) is 0 Å². The van der Waals surface area contributed by atoms with Gasteiger partial charge in [0.25, 0.3) is 0 Å². The van der Waals surface area contributed by atoms with Gasteiger partial charge in [0.05, 0.1) is 19.1 Å². The van der Waals surface area contributed by atoms with Crippen LogP contribution in [0.5, 0.6) is 0 Å². The summed E-state index contributed by atoms with van der Waals surface area (Å²) in [4.78, 5) is 34.8. The van der Waals surface area contributed by atoms with E-state index in [-0.39, 0.29) is 4.88 Å². The molecule has 0 unspecified atom stereocenters. The van der Waals surface area contributed by atoms with E-state index in [9.17, 15) is 31.9 Å². The zero-order valence-corrected chi connectivity index (χ0v) is 12.8. The molecule has 0 aliphatic rings. The first-order valence-corrected chi connectivity index (χ1v) is 6.96. The van der Waals surface area contributed by atoms with Crippen LogP contribution < -0.4 is 0 Å². The van der Waals surface area contributed by atoms with Gasteiger partial charge >= 0.3 is 23.8 Å². The molecule has 23 heavy (non-hydrogen) atoms. The standard InChI is InChI=1S/C13H12F4O5S/c1-21-10(19)12(14,11(20)22-2)9(13(15,16)17)6-7(18)8-4-3-5-23-8/h3-5,9H,6H2,1-2H3/t9-/m0/s1. The lowest BCUT2D eigenvalue weighted by molar-refractivity contribution is -0.224. The highest BCUT2D eigenvalue weighted by molar-refractivity contribution is 7.12. The minimum atomic E-state index is -5.36. The lowest BCUT2D eigenvalue weighted by Gasteiger charge is -2.30. The van der Waals surface area contributed by atoms with Gasteiger partial charge in [0, 0.05) is 6.42 Å². The van der Waals surface area contributed by atoms with Gasteiger partial charge in [-0.1, -0.05) is 6.07 Å². The van der Waals surface area contributed by atoms with Crippen LogP contribution in [-0.2, 0) is 19.1 Å². The Hall–Kier alpha value is -1.97. The van der Waals surface area contributed by atoms with Crippen molar-refractivity contribution >= 4 is 29.1 Å². The van der Waals surface area contributed by atoms with E-state index in [1.165, 1.54) is 17.5 Å². The third kappa shape index (κ3) is 3.87. The van der Waals surface area contributed by atoms with E-state index in [4.69, 9.17) is 0 Å². The minimum Gasteiger partial charge on any atom is -0.466 e. The van der Waals surface area contributed by atoms with Crippen LogP contribution >= 0.6 is 11.3 Å². The summed E-state index contributed by atoms with van der Waals surface area (Å²) >= 11 is 0.851. The van der Waals surface area contributed by atoms with Gasteiger partial charge in [-0.05, 0) is 11.4 Å². The lowest BCUT2D eigenvalue weighted by Crippen LogP contribution is -2.55. The van der Waals surface area contributed by atoms with Crippen LogP contribution in [0, 0.1) is 5.92 Å². The maximum absolute atomic E-state index is 14.7. The average Bonchev–Trinajstić information content (AvgIpc) is 3.03. The van der Waals surface area contributed by atoms with Crippen molar-refractivity contribution in [3.8, 4) is 0 Å². The van der Waals surface area contributed by atoms with Gasteiger partial charge in [0.1, 0.15) is 5.92 Å². The van der Waals surface area contributed by atoms with Crippen molar-refractivity contribution < 1.29 is 41.4 Å². The molecule has 128 valence electrons. The monoisotopic (exact) mass is 356 g/mol. The number of ketones is 1. The number of hydrogen-bond donors (Lipinski definition) is 0. The highest BCUT2D eigenvalue weighted by atomic mass is 32.1. The number of halogens is 4. The predicted molar refractivity (Wildman–Crippen MR) is 70.7 cm³/mol. The summed E-state index contributed by atoms with van der Waals surface area (Å²) in [7, 11) is 1.24. The lowest BCUT2D eigenvalue weighted by atomic mass is 9.84. The molecular formula is C13H12F4O5S. The Morgan fingerprint density at radius 1 is 1.13 bits per heavy atom. The Labute approximate surface area is 132 Å². The summed E-state index contributed by atoms with van der Waals surface area (Å²) in [6.45, 7) is 0. The molecule has 0 spiro atoms. The second-order valence-corrected chi connectivity index (χ2v) is 5.34. The SMILES string of the molecule is COC(=O)C(F)(C(=O)OC)[C@H](CC(=O)c1cccs1)C(F)(F)F. The van der Waals surface area contributed by atoms with Gasteiger partial charge in [0.15, 0.2) is 5.78 Å². The van der Waals surface area contributed by atoms with Gasteiger partial charge in [-0.15, -0.1) is 11.3 Å². The molecule has 1 heterocycles. The molecule has 0 aromatic carbocycles. The molecule has 1 atom stereocenters. The fraction of sp³-hybridized carbons (Fsp3) is 0.462. The van der Waals surface area contributed by atoms with Crippen molar-refractivity contribution in [3.63, 3.8) is 0 Å². The van der Waals surface area contributed by atoms with E-state index in [1.54, 1.807) is 0 Å². The smallest absolute Gasteiger partial charge is 0.396 e. The second-order valence-electron chi connectivity index (χ2n) is 4.39. The molecule has 10 heteroatoms. The Balaban J connectivity index is 3.29. The number of ether oxygens (including phenoxy) is 2. The number of esters is 2. The maximum atomic E-state index is 14.7. The number of rotatable bonds is 6. The minimum absolute atomic E-state index is 0.0590. The number of carbonyl (C=O) groups is 3. The molecule has 0 aliphatic carbocycles. The van der Waals surface area contributed by atoms with Gasteiger partial charge in [-0.3, -0.25) is 4.79 Å². The maximum Gasteiger partial charge on any atom is 0.396 e. The topological polar surface area (TPSA) is 69.7 Å². The van der Waals surface area contributed by atoms with Crippen LogP contribution in [0.25, 0.3) is 0 Å². The van der Waals surface area contributed by atoms with Crippen LogP contribution in [0.3, 0.4) is 0 Å². The molecule has 0 saturated carbocycles. The Bertz CT molecular complexity index is 566. The number of thiophene rings is 1. The predicted octanol–water partition coefficient (Wildman–Crippen LogP) is 2.55. The fourth-order valence-electron chi connectivity index (χ4n) is 1.87. The van der Waals surface area contributed by atoms with Gasteiger partial charge in [0.2, 0.25) is 0 Å². The van der Waals surface area contributed by atoms with Crippen molar-refractivity contribution in [2.75, 3.05) is 14.2 Å². The third-order valence-corrected chi connectivity index (χ3v) is 3.94. The van der Waals surface area contributed by atoms with E-state index in [1.807, 2.05) is 0 Å². The molecule has 0 saturated heterocycles. The number of alkyl halides is 4. The highest BCUT2D eigenvalue weighted by Gasteiger charge is 2.65. The summed E-state index contributed by atoms with van der Waals surface area (Å²) in [6.07, 6.45) is -6.80. The van der Waals surface area contributed by atoms with E-state index >= 15 is 0 Å². The van der Waals surface area contributed by atoms with Crippen molar-refractivity contribution in [3.05, 3.63) is 22.4 Å². The molecule has 0 radical (unpaired) electrons. The Kier molecular flexibility index (Phi) is 5.86. The number of carbonyl (C=O) groups excluding carboxylic acids is 3. The van der Waals surface area contributed by atoms with E-state index in [0.29, 0.717) is 14.2 Å². The second kappa shape index (κ2) is 7.07. The van der Waals surface area contributed by atoms with Crippen molar-refractivity contribution in [1.29, 1.82) is 0 Å². The van der Waals surface area contributed by atoms with Crippen LogP contribution in [0.2, 0.25) is 0 Å². The van der Waals surface area contributed by atoms with Crippen molar-refractivity contribution in [2.24, 2.45) is 5.92 Å². The van der Waals surface area contributed by atoms with Crippen LogP contribution in [0.4, 0.5) is 17.6 Å². The molecule has 0 aliphatic heterocycles. The summed E-state index contributed by atoms with van der Waals surface area (Å²) < 4.78 is 62.3. The fourth-order valence-corrected chi connectivity index (χ4v) is 2.55. The van der Waals surface area contributed by atoms with E-state index in [2.05, 4.69) is 9.47 Å². The van der Waals surface area contributed by atoms with Gasteiger partial charge in [-0.2, -0.15) is 13.2 Å². The Morgan fingerprint density at radius 3 is 2.00 bits per heavy atom. The van der Waals surface area contributed by atoms with Crippen molar-refractivity contribution in [2.45, 2.75) is 18.3 Å². The number of hydrogen-bond acceptors (Lipinski definition) is 6. The molecule has 0 fully saturated rings. The first-order chi connectivity index (χ1) is 10.6. The number of methoxy groups -OCH3 is 2. The number of Topliss-reactive ketones (excluding diaryl/α,β-unsaturated/α-hetero) is 1. The van der Waals surface area contributed by atoms with Crippen LogP contribution in [0.15, 0.2) is 17.5 Å². The average molecular weight is 356 g/mol. The van der Waals surface area contributed by atoms with E-state index in [0.717, 1.165) is 11.3 Å². The van der Waals surface area contributed by atoms with Gasteiger partial charge in [-0.25, -0.2) is 14.0 Å². The molecule has 0 bridgehead atoms. The van der Waals surface area contributed by atoms with Crippen LogP contribution in [-0.4, -0.2) is 43.8 Å². The molecule has 1 rings (SSSR count). The van der Waals surface area contributed by atoms with Gasteiger partial charge < -0.3 is 9.47 Å². The third-order valence-electron chi connectivity index (χ3n) is 3.03. The highest BCUT2D eigenvalue weighted by Crippen LogP contribution is 2.42. The molecular weight excluding hydrogens is 344 g/mol. The normalized spacial score (nSPS) is 13.3. The van der Waals surface area contributed by atoms with E-state index < -0.39 is 41.9 Å². The zero-order valence-electron chi connectivity index (χ0n) is 12.0. The summed E-state index contributed by atoms with van der Waals surface area (Å²) in [6, 6.07) is 2.67. The Morgan fingerprint density at radius 2 is 1.65 bits per heavy atom. The largest absolute Gasteiger partial charge is 0.466 e. The first-order valence-electron chi connectivity index (χ1n) is 6.08. The summed E-state index contributed by atoms with van der Waals surface area (Å²) in [5, 5.41) is 1.44. The molecule has 1 aromatic heterocycles. The molecule has 0 amide bonds. The molecule has 5 nitrogen and oxygen atoms in total. The zero-order chi connectivity index (χ0) is 17.8. The molecule has 1 aromatic rings.